The van der Waals surface area contributed by atoms with E-state index in [1.165, 1.54) is 6.07 Å². The number of rotatable bonds is 5. The quantitative estimate of drug-likeness (QED) is 0.489. The molecule has 3 N–H and O–H groups in total. The van der Waals surface area contributed by atoms with Crippen molar-refractivity contribution >= 4 is 11.4 Å². The number of hydrazine groups is 1. The fraction of sp³-hybridized carbons (Fsp3) is 0.571. The molecule has 0 amide bonds. The van der Waals surface area contributed by atoms with Gasteiger partial charge in [0.15, 0.2) is 0 Å². The monoisotopic (exact) mass is 294 g/mol. The lowest BCUT2D eigenvalue weighted by atomic mass is 10.1. The molecule has 1 aromatic rings. The minimum atomic E-state index is -0.386. The van der Waals surface area contributed by atoms with E-state index in [2.05, 4.69) is 17.2 Å². The molecule has 1 saturated heterocycles. The molecule has 1 fully saturated rings. The van der Waals surface area contributed by atoms with Crippen molar-refractivity contribution in [1.82, 2.24) is 4.90 Å². The molecule has 0 bridgehead atoms. The van der Waals surface area contributed by atoms with E-state index < -0.39 is 0 Å². The number of hydrogen-bond donors (Lipinski definition) is 2. The van der Waals surface area contributed by atoms with Gasteiger partial charge in [-0.25, -0.2) is 0 Å². The van der Waals surface area contributed by atoms with Crippen molar-refractivity contribution in [3.05, 3.63) is 33.9 Å². The summed E-state index contributed by atoms with van der Waals surface area (Å²) in [6.45, 7) is 6.28. The Hall–Kier alpha value is -1.70. The number of morpholine rings is 1. The van der Waals surface area contributed by atoms with Crippen molar-refractivity contribution in [3.8, 4) is 0 Å². The number of nitrogens with zero attached hydrogens (tertiary/aromatic N) is 2. The first kappa shape index (κ1) is 15.7. The second-order valence-corrected chi connectivity index (χ2v) is 5.38. The summed E-state index contributed by atoms with van der Waals surface area (Å²) < 4.78 is 5.68. The average Bonchev–Trinajstić information content (AvgIpc) is 2.47. The lowest BCUT2D eigenvalue weighted by Crippen LogP contribution is -2.47. The Balaban J connectivity index is 2.23. The molecule has 0 aromatic heterocycles. The standard InChI is InChI=1S/C14H22N4O3/c1-3-12-9-21-10(2)7-17(12)8-11-6-13(18(19)20)4-5-14(11)16-15/h4-6,10,12,16H,3,7-9,15H2,1-2H3. The van der Waals surface area contributed by atoms with Crippen molar-refractivity contribution in [2.24, 2.45) is 5.84 Å². The summed E-state index contributed by atoms with van der Waals surface area (Å²) in [6.07, 6.45) is 1.15. The molecule has 1 aliphatic heterocycles. The van der Waals surface area contributed by atoms with Crippen LogP contribution >= 0.6 is 0 Å². The highest BCUT2D eigenvalue weighted by Gasteiger charge is 2.26. The molecule has 2 unspecified atom stereocenters. The maximum Gasteiger partial charge on any atom is 0.269 e. The lowest BCUT2D eigenvalue weighted by molar-refractivity contribution is -0.384. The molecule has 7 nitrogen and oxygen atoms in total. The predicted octanol–water partition coefficient (Wildman–Crippen LogP) is 1.88. The van der Waals surface area contributed by atoms with Gasteiger partial charge in [-0.3, -0.25) is 20.9 Å². The number of nitro benzene ring substituents is 1. The maximum atomic E-state index is 10.9. The highest BCUT2D eigenvalue weighted by Crippen LogP contribution is 2.25. The fourth-order valence-corrected chi connectivity index (χ4v) is 2.67. The van der Waals surface area contributed by atoms with Crippen LogP contribution in [0.1, 0.15) is 25.8 Å². The summed E-state index contributed by atoms with van der Waals surface area (Å²) in [7, 11) is 0. The van der Waals surface area contributed by atoms with E-state index in [0.717, 1.165) is 24.2 Å². The van der Waals surface area contributed by atoms with E-state index in [9.17, 15) is 10.1 Å². The van der Waals surface area contributed by atoms with Gasteiger partial charge in [0.2, 0.25) is 0 Å². The van der Waals surface area contributed by atoms with Gasteiger partial charge in [-0.05, 0) is 25.0 Å². The van der Waals surface area contributed by atoms with Crippen LogP contribution in [-0.2, 0) is 11.3 Å². The third kappa shape index (κ3) is 3.69. The number of ether oxygens (including phenoxy) is 1. The van der Waals surface area contributed by atoms with Crippen molar-refractivity contribution in [2.45, 2.75) is 39.0 Å². The van der Waals surface area contributed by atoms with Crippen LogP contribution in [0.25, 0.3) is 0 Å². The molecular weight excluding hydrogens is 272 g/mol. The van der Waals surface area contributed by atoms with E-state index in [1.807, 2.05) is 6.92 Å². The normalized spacial score (nSPS) is 23.0. The first-order valence-electron chi connectivity index (χ1n) is 7.14. The zero-order valence-corrected chi connectivity index (χ0v) is 12.4. The summed E-state index contributed by atoms with van der Waals surface area (Å²) in [5.41, 5.74) is 4.25. The van der Waals surface area contributed by atoms with Gasteiger partial charge in [-0.1, -0.05) is 6.92 Å². The van der Waals surface area contributed by atoms with E-state index in [0.29, 0.717) is 19.2 Å². The number of hydrogen-bond acceptors (Lipinski definition) is 6. The molecule has 0 spiro atoms. The molecule has 2 atom stereocenters. The molecule has 2 rings (SSSR count). The third-order valence-electron chi connectivity index (χ3n) is 3.88. The van der Waals surface area contributed by atoms with Gasteiger partial charge in [0.25, 0.3) is 5.69 Å². The van der Waals surface area contributed by atoms with Crippen LogP contribution in [0.15, 0.2) is 18.2 Å². The van der Waals surface area contributed by atoms with E-state index in [-0.39, 0.29) is 16.7 Å². The highest BCUT2D eigenvalue weighted by molar-refractivity contribution is 5.55. The zero-order valence-electron chi connectivity index (χ0n) is 12.4. The lowest BCUT2D eigenvalue weighted by Gasteiger charge is -2.38. The van der Waals surface area contributed by atoms with Crippen molar-refractivity contribution in [1.29, 1.82) is 0 Å². The minimum Gasteiger partial charge on any atom is -0.376 e. The third-order valence-corrected chi connectivity index (χ3v) is 3.88. The Morgan fingerprint density at radius 3 is 2.95 bits per heavy atom. The van der Waals surface area contributed by atoms with Gasteiger partial charge < -0.3 is 10.2 Å². The largest absolute Gasteiger partial charge is 0.376 e. The van der Waals surface area contributed by atoms with Crippen LogP contribution in [-0.4, -0.2) is 35.1 Å². The van der Waals surface area contributed by atoms with E-state index in [4.69, 9.17) is 10.6 Å². The summed E-state index contributed by atoms with van der Waals surface area (Å²) in [6, 6.07) is 5.02. The Bertz CT molecular complexity index is 509. The number of nitro groups is 1. The number of nitrogens with two attached hydrogens (primary N) is 1. The van der Waals surface area contributed by atoms with Gasteiger partial charge in [-0.2, -0.15) is 0 Å². The number of anilines is 1. The molecule has 0 radical (unpaired) electrons. The first-order valence-corrected chi connectivity index (χ1v) is 7.14. The fourth-order valence-electron chi connectivity index (χ4n) is 2.67. The molecule has 1 heterocycles. The van der Waals surface area contributed by atoms with Crippen molar-refractivity contribution in [3.63, 3.8) is 0 Å². The smallest absolute Gasteiger partial charge is 0.269 e. The Kier molecular flexibility index (Phi) is 5.11. The van der Waals surface area contributed by atoms with Gasteiger partial charge >= 0.3 is 0 Å². The van der Waals surface area contributed by atoms with Crippen molar-refractivity contribution < 1.29 is 9.66 Å². The van der Waals surface area contributed by atoms with E-state index in [1.54, 1.807) is 12.1 Å². The number of benzene rings is 1. The molecule has 0 aliphatic carbocycles. The second-order valence-electron chi connectivity index (χ2n) is 5.38. The topological polar surface area (TPSA) is 93.7 Å². The Labute approximate surface area is 124 Å². The van der Waals surface area contributed by atoms with Crippen LogP contribution < -0.4 is 11.3 Å². The average molecular weight is 294 g/mol. The van der Waals surface area contributed by atoms with Crippen LogP contribution in [0.5, 0.6) is 0 Å². The predicted molar refractivity (Wildman–Crippen MR) is 80.8 cm³/mol. The molecule has 1 aromatic carbocycles. The van der Waals surface area contributed by atoms with Crippen LogP contribution in [0.3, 0.4) is 0 Å². The van der Waals surface area contributed by atoms with Crippen LogP contribution in [0.4, 0.5) is 11.4 Å². The van der Waals surface area contributed by atoms with Gasteiger partial charge in [0.1, 0.15) is 0 Å². The van der Waals surface area contributed by atoms with Crippen molar-refractivity contribution in [2.75, 3.05) is 18.6 Å². The molecule has 21 heavy (non-hydrogen) atoms. The summed E-state index contributed by atoms with van der Waals surface area (Å²) >= 11 is 0. The molecule has 7 heteroatoms. The summed E-state index contributed by atoms with van der Waals surface area (Å²) in [5, 5.41) is 10.9. The summed E-state index contributed by atoms with van der Waals surface area (Å²) in [4.78, 5) is 12.9. The Morgan fingerprint density at radius 1 is 1.57 bits per heavy atom. The van der Waals surface area contributed by atoms with Crippen LogP contribution in [0, 0.1) is 10.1 Å². The van der Waals surface area contributed by atoms with Crippen LogP contribution in [0.2, 0.25) is 0 Å². The number of nitrogens with one attached hydrogen (secondary N) is 1. The number of non-ortho nitro benzene ring substituents is 1. The van der Waals surface area contributed by atoms with Gasteiger partial charge in [0, 0.05) is 31.3 Å². The van der Waals surface area contributed by atoms with E-state index >= 15 is 0 Å². The first-order chi connectivity index (χ1) is 10.0. The SMILES string of the molecule is CCC1COC(C)CN1Cc1cc([N+](=O)[O-])ccc1NN. The molecule has 1 aliphatic rings. The molecular formula is C14H22N4O3. The highest BCUT2D eigenvalue weighted by atomic mass is 16.6. The maximum absolute atomic E-state index is 10.9. The summed E-state index contributed by atoms with van der Waals surface area (Å²) in [5.74, 6) is 5.51. The second kappa shape index (κ2) is 6.84. The Morgan fingerprint density at radius 2 is 2.33 bits per heavy atom. The van der Waals surface area contributed by atoms with Gasteiger partial charge in [-0.15, -0.1) is 0 Å². The van der Waals surface area contributed by atoms with Gasteiger partial charge in [0.05, 0.1) is 23.3 Å². The molecule has 0 saturated carbocycles. The minimum absolute atomic E-state index is 0.0818. The zero-order chi connectivity index (χ0) is 15.4. The number of nitrogen functional groups attached to an aromatic ring is 1. The molecule has 116 valence electrons.